The van der Waals surface area contributed by atoms with Gasteiger partial charge in [0, 0.05) is 6.54 Å². The molecule has 1 aromatic rings. The molecule has 1 fully saturated rings. The maximum absolute atomic E-state index is 11.9. The third-order valence-electron chi connectivity index (χ3n) is 3.28. The van der Waals surface area contributed by atoms with E-state index in [1.807, 2.05) is 0 Å². The molecule has 0 saturated carbocycles. The second-order valence-electron chi connectivity index (χ2n) is 4.75. The van der Waals surface area contributed by atoms with Gasteiger partial charge in [-0.15, -0.1) is 0 Å². The van der Waals surface area contributed by atoms with E-state index in [-0.39, 0.29) is 18.6 Å². The van der Waals surface area contributed by atoms with Crippen molar-refractivity contribution >= 4 is 11.8 Å². The topological polar surface area (TPSA) is 97.8 Å². The molecule has 3 N–H and O–H groups in total. The van der Waals surface area contributed by atoms with E-state index in [9.17, 15) is 9.59 Å². The summed E-state index contributed by atoms with van der Waals surface area (Å²) in [5.41, 5.74) is 5.37. The van der Waals surface area contributed by atoms with E-state index in [1.54, 1.807) is 30.2 Å². The van der Waals surface area contributed by atoms with Crippen LogP contribution in [0.25, 0.3) is 0 Å². The van der Waals surface area contributed by atoms with Gasteiger partial charge in [0.15, 0.2) is 0 Å². The van der Waals surface area contributed by atoms with Gasteiger partial charge in [0.05, 0.1) is 32.1 Å². The minimum atomic E-state index is -0.571. The zero-order valence-electron chi connectivity index (χ0n) is 11.4. The van der Waals surface area contributed by atoms with Gasteiger partial charge in [0.1, 0.15) is 11.8 Å². The second-order valence-corrected chi connectivity index (χ2v) is 4.75. The van der Waals surface area contributed by atoms with Crippen LogP contribution < -0.4 is 11.1 Å². The second kappa shape index (κ2) is 6.53. The lowest BCUT2D eigenvalue weighted by atomic mass is 10.1. The van der Waals surface area contributed by atoms with E-state index in [0.717, 1.165) is 0 Å². The standard InChI is InChI=1S/C13H19N3O4/c1-9-12(13(14)18)16(4-6-19-9)8-11(17)15-7-10-3-2-5-20-10/h2-3,5,9,12H,4,6-8H2,1H3,(H2,14,18)(H,15,17)/t9-,12+/m1/s1. The molecule has 2 heterocycles. The number of rotatable bonds is 5. The molecule has 1 aromatic heterocycles. The number of nitrogens with one attached hydrogen (secondary N) is 1. The summed E-state index contributed by atoms with van der Waals surface area (Å²) in [5, 5.41) is 2.74. The van der Waals surface area contributed by atoms with Crippen LogP contribution in [0, 0.1) is 0 Å². The SMILES string of the molecule is C[C@H]1OCCN(CC(=O)NCc2ccco2)[C@@H]1C(N)=O. The molecule has 2 amide bonds. The predicted molar refractivity (Wildman–Crippen MR) is 70.5 cm³/mol. The maximum atomic E-state index is 11.9. The Morgan fingerprint density at radius 3 is 3.00 bits per heavy atom. The zero-order chi connectivity index (χ0) is 14.5. The molecule has 7 nitrogen and oxygen atoms in total. The minimum Gasteiger partial charge on any atom is -0.467 e. The van der Waals surface area contributed by atoms with Gasteiger partial charge in [0.25, 0.3) is 0 Å². The van der Waals surface area contributed by atoms with Gasteiger partial charge in [-0.2, -0.15) is 0 Å². The van der Waals surface area contributed by atoms with Gasteiger partial charge in [0.2, 0.25) is 11.8 Å². The van der Waals surface area contributed by atoms with Gasteiger partial charge < -0.3 is 20.2 Å². The molecule has 1 aliphatic rings. The van der Waals surface area contributed by atoms with Crippen LogP contribution in [0.5, 0.6) is 0 Å². The Kier molecular flexibility index (Phi) is 4.75. The van der Waals surface area contributed by atoms with E-state index in [4.69, 9.17) is 14.9 Å². The van der Waals surface area contributed by atoms with Gasteiger partial charge in [-0.1, -0.05) is 0 Å². The van der Waals surface area contributed by atoms with Crippen LogP contribution in [0.1, 0.15) is 12.7 Å². The third-order valence-corrected chi connectivity index (χ3v) is 3.28. The molecular formula is C13H19N3O4. The fourth-order valence-electron chi connectivity index (χ4n) is 2.31. The monoisotopic (exact) mass is 281 g/mol. The molecule has 7 heteroatoms. The van der Waals surface area contributed by atoms with E-state index in [2.05, 4.69) is 5.32 Å². The van der Waals surface area contributed by atoms with Crippen LogP contribution in [0.15, 0.2) is 22.8 Å². The number of ether oxygens (including phenoxy) is 1. The Balaban J connectivity index is 1.87. The Morgan fingerprint density at radius 1 is 1.55 bits per heavy atom. The number of primary amides is 1. The molecule has 110 valence electrons. The number of hydrogen-bond donors (Lipinski definition) is 2. The molecule has 2 rings (SSSR count). The number of amides is 2. The van der Waals surface area contributed by atoms with Gasteiger partial charge in [-0.05, 0) is 19.1 Å². The minimum absolute atomic E-state index is 0.113. The Morgan fingerprint density at radius 2 is 2.35 bits per heavy atom. The van der Waals surface area contributed by atoms with Crippen LogP contribution >= 0.6 is 0 Å². The largest absolute Gasteiger partial charge is 0.467 e. The molecule has 1 saturated heterocycles. The molecule has 0 unspecified atom stereocenters. The molecule has 0 spiro atoms. The summed E-state index contributed by atoms with van der Waals surface area (Å²) >= 11 is 0. The number of nitrogens with two attached hydrogens (primary N) is 1. The number of morpholine rings is 1. The highest BCUT2D eigenvalue weighted by molar-refractivity contribution is 5.83. The summed E-state index contributed by atoms with van der Waals surface area (Å²) in [7, 11) is 0. The van der Waals surface area contributed by atoms with Crippen molar-refractivity contribution < 1.29 is 18.7 Å². The van der Waals surface area contributed by atoms with Crippen LogP contribution in [-0.4, -0.2) is 48.6 Å². The fraction of sp³-hybridized carbons (Fsp3) is 0.538. The lowest BCUT2D eigenvalue weighted by Gasteiger charge is -2.37. The normalized spacial score (nSPS) is 23.4. The first kappa shape index (κ1) is 14.5. The molecular weight excluding hydrogens is 262 g/mol. The van der Waals surface area contributed by atoms with Crippen molar-refractivity contribution in [3.05, 3.63) is 24.2 Å². The molecule has 0 aromatic carbocycles. The molecule has 0 aliphatic carbocycles. The Labute approximate surface area is 117 Å². The quantitative estimate of drug-likeness (QED) is 0.756. The molecule has 1 aliphatic heterocycles. The fourth-order valence-corrected chi connectivity index (χ4v) is 2.31. The lowest BCUT2D eigenvalue weighted by Crippen LogP contribution is -2.58. The first-order valence-electron chi connectivity index (χ1n) is 6.52. The van der Waals surface area contributed by atoms with Crippen molar-refractivity contribution in [2.24, 2.45) is 5.73 Å². The van der Waals surface area contributed by atoms with E-state index in [1.165, 1.54) is 0 Å². The van der Waals surface area contributed by atoms with E-state index in [0.29, 0.717) is 25.5 Å². The summed E-state index contributed by atoms with van der Waals surface area (Å²) in [6.07, 6.45) is 1.24. The highest BCUT2D eigenvalue weighted by Gasteiger charge is 2.34. The summed E-state index contributed by atoms with van der Waals surface area (Å²) in [5.74, 6) is 0.0259. The van der Waals surface area contributed by atoms with Crippen molar-refractivity contribution in [3.8, 4) is 0 Å². The number of carbonyl (C=O) groups is 2. The molecule has 0 radical (unpaired) electrons. The number of nitrogens with zero attached hydrogens (tertiary/aromatic N) is 1. The van der Waals surface area contributed by atoms with E-state index < -0.39 is 11.9 Å². The third kappa shape index (κ3) is 3.58. The van der Waals surface area contributed by atoms with Crippen molar-refractivity contribution in [2.75, 3.05) is 19.7 Å². The van der Waals surface area contributed by atoms with Gasteiger partial charge in [-0.3, -0.25) is 14.5 Å². The van der Waals surface area contributed by atoms with Crippen molar-refractivity contribution in [2.45, 2.75) is 25.6 Å². The molecule has 0 bridgehead atoms. The lowest BCUT2D eigenvalue weighted by molar-refractivity contribution is -0.139. The zero-order valence-corrected chi connectivity index (χ0v) is 11.4. The highest BCUT2D eigenvalue weighted by Crippen LogP contribution is 2.13. The smallest absolute Gasteiger partial charge is 0.237 e. The van der Waals surface area contributed by atoms with Crippen LogP contribution in [-0.2, 0) is 20.9 Å². The summed E-state index contributed by atoms with van der Waals surface area (Å²) in [6, 6.07) is 2.97. The van der Waals surface area contributed by atoms with Crippen LogP contribution in [0.3, 0.4) is 0 Å². The van der Waals surface area contributed by atoms with Crippen LogP contribution in [0.2, 0.25) is 0 Å². The summed E-state index contributed by atoms with van der Waals surface area (Å²) in [6.45, 7) is 3.21. The van der Waals surface area contributed by atoms with Crippen molar-refractivity contribution in [1.29, 1.82) is 0 Å². The van der Waals surface area contributed by atoms with Crippen LogP contribution in [0.4, 0.5) is 0 Å². The Hall–Kier alpha value is -1.86. The maximum Gasteiger partial charge on any atom is 0.237 e. The summed E-state index contributed by atoms with van der Waals surface area (Å²) < 4.78 is 10.5. The number of carbonyl (C=O) groups excluding carboxylic acids is 2. The average Bonchev–Trinajstić information content (AvgIpc) is 2.89. The average molecular weight is 281 g/mol. The van der Waals surface area contributed by atoms with E-state index >= 15 is 0 Å². The highest BCUT2D eigenvalue weighted by atomic mass is 16.5. The first-order valence-corrected chi connectivity index (χ1v) is 6.52. The van der Waals surface area contributed by atoms with Gasteiger partial charge in [-0.25, -0.2) is 0 Å². The number of furan rings is 1. The van der Waals surface area contributed by atoms with Crippen molar-refractivity contribution in [1.82, 2.24) is 10.2 Å². The number of hydrogen-bond acceptors (Lipinski definition) is 5. The molecule has 20 heavy (non-hydrogen) atoms. The van der Waals surface area contributed by atoms with Crippen molar-refractivity contribution in [3.63, 3.8) is 0 Å². The molecule has 2 atom stereocenters. The predicted octanol–water partition coefficient (Wildman–Crippen LogP) is -0.530. The first-order chi connectivity index (χ1) is 9.58. The summed E-state index contributed by atoms with van der Waals surface area (Å²) in [4.78, 5) is 25.1. The van der Waals surface area contributed by atoms with Gasteiger partial charge >= 0.3 is 0 Å². The Bertz CT molecular complexity index is 460.